The summed E-state index contributed by atoms with van der Waals surface area (Å²) in [4.78, 5) is 2.31. The van der Waals surface area contributed by atoms with E-state index in [1.807, 2.05) is 0 Å². The molecule has 1 rings (SSSR count). The molecule has 0 aromatic carbocycles. The lowest BCUT2D eigenvalue weighted by Gasteiger charge is -1.93. The van der Waals surface area contributed by atoms with E-state index in [-0.39, 0.29) is 11.3 Å². The Labute approximate surface area is 70.0 Å². The summed E-state index contributed by atoms with van der Waals surface area (Å²) in [6.07, 6.45) is -1.31. The Hall–Kier alpha value is -0.890. The van der Waals surface area contributed by atoms with Crippen LogP contribution in [0, 0.1) is 11.3 Å². The first-order valence-corrected chi connectivity index (χ1v) is 3.51. The fraction of sp³-hybridized carbons (Fsp3) is 0.167. The van der Waals surface area contributed by atoms with Crippen LogP contribution >= 0.6 is 15.9 Å². The van der Waals surface area contributed by atoms with Gasteiger partial charge in [-0.25, -0.2) is 8.78 Å². The summed E-state index contributed by atoms with van der Waals surface area (Å²) in [6.45, 7) is 0. The number of aromatic amines is 1. The van der Waals surface area contributed by atoms with Gasteiger partial charge in [-0.2, -0.15) is 5.26 Å². The highest BCUT2D eigenvalue weighted by Gasteiger charge is 2.16. The molecule has 0 aliphatic heterocycles. The summed E-state index contributed by atoms with van der Waals surface area (Å²) in [5, 5.41) is 8.40. The van der Waals surface area contributed by atoms with Crippen LogP contribution in [0.5, 0.6) is 0 Å². The summed E-state index contributed by atoms with van der Waals surface area (Å²) >= 11 is 2.96. The van der Waals surface area contributed by atoms with Crippen molar-refractivity contribution in [1.29, 1.82) is 5.26 Å². The molecule has 0 bridgehead atoms. The van der Waals surface area contributed by atoms with E-state index in [9.17, 15) is 8.78 Å². The van der Waals surface area contributed by atoms with Crippen molar-refractivity contribution in [1.82, 2.24) is 4.98 Å². The maximum absolute atomic E-state index is 12.0. The van der Waals surface area contributed by atoms with E-state index in [0.717, 1.165) is 0 Å². The highest BCUT2D eigenvalue weighted by atomic mass is 79.9. The molecular weight excluding hydrogens is 218 g/mol. The number of nitriles is 1. The van der Waals surface area contributed by atoms with Gasteiger partial charge in [0.2, 0.25) is 0 Å². The first-order chi connectivity index (χ1) is 5.16. The summed E-state index contributed by atoms with van der Waals surface area (Å²) in [7, 11) is 0. The number of nitrogens with zero attached hydrogens (tertiary/aromatic N) is 1. The minimum absolute atomic E-state index is 0.0278. The van der Waals surface area contributed by atoms with Gasteiger partial charge in [0.05, 0.1) is 10.0 Å². The first kappa shape index (κ1) is 8.21. The maximum atomic E-state index is 12.0. The van der Waals surface area contributed by atoms with E-state index in [2.05, 4.69) is 20.9 Å². The molecule has 0 saturated carbocycles. The van der Waals surface area contributed by atoms with Crippen LogP contribution < -0.4 is 0 Å². The van der Waals surface area contributed by atoms with Crippen molar-refractivity contribution < 1.29 is 8.78 Å². The average molecular weight is 221 g/mol. The Morgan fingerprint density at radius 3 is 2.64 bits per heavy atom. The number of rotatable bonds is 1. The Bertz CT molecular complexity index is 300. The molecule has 1 aromatic rings. The minimum Gasteiger partial charge on any atom is -0.358 e. The third kappa shape index (κ3) is 1.40. The smallest absolute Gasteiger partial charge is 0.279 e. The minimum atomic E-state index is -2.63. The van der Waals surface area contributed by atoms with Gasteiger partial charge >= 0.3 is 0 Å². The number of alkyl halides is 2. The van der Waals surface area contributed by atoms with Crippen molar-refractivity contribution >= 4 is 15.9 Å². The second-order valence-electron chi connectivity index (χ2n) is 1.84. The predicted molar refractivity (Wildman–Crippen MR) is 38.2 cm³/mol. The largest absolute Gasteiger partial charge is 0.358 e. The predicted octanol–water partition coefficient (Wildman–Crippen LogP) is 2.59. The van der Waals surface area contributed by atoms with Crippen LogP contribution in [0.4, 0.5) is 8.78 Å². The number of halogens is 3. The van der Waals surface area contributed by atoms with Crippen LogP contribution in [0.15, 0.2) is 10.7 Å². The second kappa shape index (κ2) is 3.01. The van der Waals surface area contributed by atoms with E-state index in [0.29, 0.717) is 4.47 Å². The zero-order valence-electron chi connectivity index (χ0n) is 5.24. The van der Waals surface area contributed by atoms with Gasteiger partial charge in [0, 0.05) is 6.20 Å². The Morgan fingerprint density at radius 2 is 2.27 bits per heavy atom. The third-order valence-electron chi connectivity index (χ3n) is 1.19. The molecule has 0 atom stereocenters. The SMILES string of the molecule is N#Cc1c(Br)c[nH]c1C(F)F. The molecule has 11 heavy (non-hydrogen) atoms. The monoisotopic (exact) mass is 220 g/mol. The van der Waals surface area contributed by atoms with Gasteiger partial charge in [-0.15, -0.1) is 0 Å². The van der Waals surface area contributed by atoms with Gasteiger partial charge in [-0.05, 0) is 15.9 Å². The topological polar surface area (TPSA) is 39.6 Å². The van der Waals surface area contributed by atoms with E-state index in [4.69, 9.17) is 5.26 Å². The van der Waals surface area contributed by atoms with Crippen LogP contribution in [-0.4, -0.2) is 4.98 Å². The molecule has 0 aliphatic carbocycles. The lowest BCUT2D eigenvalue weighted by molar-refractivity contribution is 0.146. The van der Waals surface area contributed by atoms with Crippen molar-refractivity contribution in [2.75, 3.05) is 0 Å². The molecular formula is C6H3BrF2N2. The van der Waals surface area contributed by atoms with Crippen LogP contribution in [0.3, 0.4) is 0 Å². The van der Waals surface area contributed by atoms with E-state index >= 15 is 0 Å². The third-order valence-corrected chi connectivity index (χ3v) is 1.82. The molecule has 1 heterocycles. The normalized spacial score (nSPS) is 10.1. The zero-order chi connectivity index (χ0) is 8.43. The van der Waals surface area contributed by atoms with Gasteiger partial charge < -0.3 is 4.98 Å². The molecule has 0 fully saturated rings. The van der Waals surface area contributed by atoms with Crippen LogP contribution in [-0.2, 0) is 0 Å². The first-order valence-electron chi connectivity index (χ1n) is 2.72. The van der Waals surface area contributed by atoms with Crippen LogP contribution in [0.2, 0.25) is 0 Å². The van der Waals surface area contributed by atoms with Gasteiger partial charge in [-0.1, -0.05) is 0 Å². The second-order valence-corrected chi connectivity index (χ2v) is 2.69. The molecule has 0 saturated heterocycles. The average Bonchev–Trinajstić information content (AvgIpc) is 2.30. The molecule has 0 aliphatic rings. The van der Waals surface area contributed by atoms with E-state index in [1.165, 1.54) is 6.20 Å². The molecule has 0 radical (unpaired) electrons. The van der Waals surface area contributed by atoms with Crippen molar-refractivity contribution in [3.8, 4) is 6.07 Å². The fourth-order valence-electron chi connectivity index (χ4n) is 0.700. The number of aromatic nitrogens is 1. The molecule has 1 N–H and O–H groups in total. The molecule has 0 spiro atoms. The van der Waals surface area contributed by atoms with E-state index < -0.39 is 6.43 Å². The number of nitrogens with one attached hydrogen (secondary N) is 1. The lowest BCUT2D eigenvalue weighted by atomic mass is 10.3. The van der Waals surface area contributed by atoms with E-state index in [1.54, 1.807) is 6.07 Å². The Kier molecular flexibility index (Phi) is 2.25. The standard InChI is InChI=1S/C6H3BrF2N2/c7-4-2-11-5(6(8)9)3(4)1-10/h2,6,11H. The Morgan fingerprint density at radius 1 is 1.64 bits per heavy atom. The molecule has 1 aromatic heterocycles. The van der Waals surface area contributed by atoms with Crippen molar-refractivity contribution in [2.24, 2.45) is 0 Å². The fourth-order valence-corrected chi connectivity index (χ4v) is 1.12. The van der Waals surface area contributed by atoms with Gasteiger partial charge in [-0.3, -0.25) is 0 Å². The van der Waals surface area contributed by atoms with Crippen molar-refractivity contribution in [3.63, 3.8) is 0 Å². The molecule has 5 heteroatoms. The molecule has 58 valence electrons. The summed E-state index contributed by atoms with van der Waals surface area (Å²) < 4.78 is 24.4. The lowest BCUT2D eigenvalue weighted by Crippen LogP contribution is -1.86. The van der Waals surface area contributed by atoms with Gasteiger partial charge in [0.15, 0.2) is 0 Å². The van der Waals surface area contributed by atoms with Crippen molar-refractivity contribution in [2.45, 2.75) is 6.43 Å². The highest BCUT2D eigenvalue weighted by Crippen LogP contribution is 2.26. The summed E-state index contributed by atoms with van der Waals surface area (Å²) in [5.41, 5.74) is -0.362. The van der Waals surface area contributed by atoms with Gasteiger partial charge in [0.1, 0.15) is 11.8 Å². The van der Waals surface area contributed by atoms with Crippen LogP contribution in [0.1, 0.15) is 17.7 Å². The zero-order valence-corrected chi connectivity index (χ0v) is 6.82. The molecule has 2 nitrogen and oxygen atoms in total. The number of hydrogen-bond acceptors (Lipinski definition) is 1. The van der Waals surface area contributed by atoms with Crippen molar-refractivity contribution in [3.05, 3.63) is 21.9 Å². The highest BCUT2D eigenvalue weighted by molar-refractivity contribution is 9.10. The van der Waals surface area contributed by atoms with Gasteiger partial charge in [0.25, 0.3) is 6.43 Å². The quantitative estimate of drug-likeness (QED) is 0.777. The summed E-state index contributed by atoms with van der Waals surface area (Å²) in [5.74, 6) is 0. The Balaban J connectivity index is 3.19. The summed E-state index contributed by atoms with van der Waals surface area (Å²) in [6, 6.07) is 1.67. The number of H-pyrrole nitrogens is 1. The molecule has 0 amide bonds. The maximum Gasteiger partial charge on any atom is 0.279 e. The number of hydrogen-bond donors (Lipinski definition) is 1. The molecule has 0 unspecified atom stereocenters. The van der Waals surface area contributed by atoms with Crippen LogP contribution in [0.25, 0.3) is 0 Å².